The third-order valence-corrected chi connectivity index (χ3v) is 11.6. The Morgan fingerprint density at radius 3 is 1.37 bits per heavy atom. The Balaban J connectivity index is 1.21. The van der Waals surface area contributed by atoms with E-state index in [4.69, 9.17) is 18.9 Å². The minimum atomic E-state index is -0.950. The molecular weight excluding hydrogens is 701 g/mol. The van der Waals surface area contributed by atoms with Gasteiger partial charge in [0, 0.05) is 28.9 Å². The van der Waals surface area contributed by atoms with E-state index in [-0.39, 0.29) is 5.41 Å². The fourth-order valence-corrected chi connectivity index (χ4v) is 9.24. The molecule has 0 aromatic heterocycles. The molecule has 0 amide bonds. The van der Waals surface area contributed by atoms with Crippen LogP contribution >= 0.6 is 0 Å². The van der Waals surface area contributed by atoms with Gasteiger partial charge in [-0.25, -0.2) is 0 Å². The van der Waals surface area contributed by atoms with Gasteiger partial charge in [-0.15, -0.1) is 0 Å². The monoisotopic (exact) mass is 756 g/mol. The predicted molar refractivity (Wildman–Crippen MR) is 232 cm³/mol. The molecule has 0 unspecified atom stereocenters. The number of hydrogen-bond acceptors (Lipinski definition) is 4. The highest BCUT2D eigenvalue weighted by Gasteiger charge is 2.53. The van der Waals surface area contributed by atoms with Crippen LogP contribution in [-0.2, 0) is 30.0 Å². The first-order valence-electron chi connectivity index (χ1n) is 20.9. The van der Waals surface area contributed by atoms with Crippen LogP contribution in [0.5, 0.6) is 0 Å². The lowest BCUT2D eigenvalue weighted by Crippen LogP contribution is -2.42. The van der Waals surface area contributed by atoms with Gasteiger partial charge < -0.3 is 18.9 Å². The fourth-order valence-electron chi connectivity index (χ4n) is 9.24. The van der Waals surface area contributed by atoms with Gasteiger partial charge in [0.15, 0.2) is 5.60 Å². The topological polar surface area (TPSA) is 36.9 Å². The molecule has 5 aromatic rings. The van der Waals surface area contributed by atoms with Crippen molar-refractivity contribution in [1.82, 2.24) is 0 Å². The average Bonchev–Trinajstić information content (AvgIpc) is 3.70. The van der Waals surface area contributed by atoms with Crippen molar-refractivity contribution in [3.05, 3.63) is 155 Å². The molecule has 4 nitrogen and oxygen atoms in total. The summed E-state index contributed by atoms with van der Waals surface area (Å²) in [4.78, 5) is 0. The summed E-state index contributed by atoms with van der Waals surface area (Å²) in [7, 11) is 0. The Kier molecular flexibility index (Phi) is 13.1. The van der Waals surface area contributed by atoms with Gasteiger partial charge in [0.2, 0.25) is 0 Å². The maximum Gasteiger partial charge on any atom is 0.181 e. The fraction of sp³-hybridized carbons (Fsp3) is 0.358. The van der Waals surface area contributed by atoms with Crippen molar-refractivity contribution in [2.45, 2.75) is 70.8 Å². The van der Waals surface area contributed by atoms with Crippen LogP contribution in [0.1, 0.15) is 93.2 Å². The molecule has 0 saturated carbocycles. The van der Waals surface area contributed by atoms with Gasteiger partial charge in [0.05, 0.1) is 45.1 Å². The lowest BCUT2D eigenvalue weighted by Gasteiger charge is -2.45. The van der Waals surface area contributed by atoms with E-state index in [0.717, 1.165) is 72.1 Å². The molecule has 0 spiro atoms. The van der Waals surface area contributed by atoms with E-state index >= 15 is 0 Å². The smallest absolute Gasteiger partial charge is 0.181 e. The molecule has 4 heteroatoms. The van der Waals surface area contributed by atoms with E-state index < -0.39 is 11.0 Å². The summed E-state index contributed by atoms with van der Waals surface area (Å²) >= 11 is 0. The Morgan fingerprint density at radius 2 is 0.877 bits per heavy atom. The van der Waals surface area contributed by atoms with E-state index in [1.54, 1.807) is 0 Å². The van der Waals surface area contributed by atoms with Crippen molar-refractivity contribution in [2.75, 3.05) is 46.2 Å². The molecule has 0 N–H and O–H groups in total. The SMILES string of the molecule is CCCOCCOCCOCCOC1(C#Cc2cccc(C#CC3(C(C)(CCC)CCC)c4ccccc4-c4ccccc43)c2)c2ccccc2-c2ccccc21. The molecule has 0 atom stereocenters. The molecule has 0 radical (unpaired) electrons. The highest BCUT2D eigenvalue weighted by atomic mass is 16.6. The molecule has 2 aliphatic carbocycles. The van der Waals surface area contributed by atoms with Crippen LogP contribution in [0.15, 0.2) is 121 Å². The van der Waals surface area contributed by atoms with Crippen LogP contribution < -0.4 is 0 Å². The summed E-state index contributed by atoms with van der Waals surface area (Å²) in [6.07, 6.45) is 5.38. The lowest BCUT2D eigenvalue weighted by molar-refractivity contribution is -0.0290. The molecule has 0 heterocycles. The van der Waals surface area contributed by atoms with Crippen molar-refractivity contribution in [3.8, 4) is 45.9 Å². The van der Waals surface area contributed by atoms with Crippen LogP contribution in [0.3, 0.4) is 0 Å². The summed E-state index contributed by atoms with van der Waals surface area (Å²) in [5.74, 6) is 15.0. The van der Waals surface area contributed by atoms with Crippen molar-refractivity contribution in [3.63, 3.8) is 0 Å². The first-order valence-corrected chi connectivity index (χ1v) is 20.9. The minimum absolute atomic E-state index is 0.0590. The van der Waals surface area contributed by atoms with Crippen LogP contribution in [0.25, 0.3) is 22.3 Å². The summed E-state index contributed by atoms with van der Waals surface area (Å²) < 4.78 is 24.0. The molecule has 0 aliphatic heterocycles. The third-order valence-electron chi connectivity index (χ3n) is 11.6. The second-order valence-electron chi connectivity index (χ2n) is 15.4. The minimum Gasteiger partial charge on any atom is -0.379 e. The molecular formula is C53H56O4. The van der Waals surface area contributed by atoms with Gasteiger partial charge >= 0.3 is 0 Å². The largest absolute Gasteiger partial charge is 0.379 e. The zero-order valence-corrected chi connectivity index (χ0v) is 34.2. The molecule has 7 rings (SSSR count). The summed E-state index contributed by atoms with van der Waals surface area (Å²) in [6, 6.07) is 43.2. The molecule has 0 fully saturated rings. The second kappa shape index (κ2) is 18.5. The van der Waals surface area contributed by atoms with E-state index in [1.165, 1.54) is 22.3 Å². The zero-order chi connectivity index (χ0) is 39.6. The number of ether oxygens (including phenoxy) is 4. The molecule has 5 aromatic carbocycles. The highest BCUT2D eigenvalue weighted by molar-refractivity contribution is 5.84. The van der Waals surface area contributed by atoms with Gasteiger partial charge in [0.1, 0.15) is 0 Å². The normalized spacial score (nSPS) is 14.0. The maximum absolute atomic E-state index is 6.86. The average molecular weight is 757 g/mol. The molecule has 57 heavy (non-hydrogen) atoms. The zero-order valence-electron chi connectivity index (χ0n) is 34.2. The van der Waals surface area contributed by atoms with E-state index in [9.17, 15) is 0 Å². The quantitative estimate of drug-likeness (QED) is 0.0699. The molecule has 2 aliphatic rings. The van der Waals surface area contributed by atoms with Crippen LogP contribution in [0.2, 0.25) is 0 Å². The summed E-state index contributed by atoms with van der Waals surface area (Å²) in [5.41, 5.74) is 10.0. The van der Waals surface area contributed by atoms with E-state index in [0.29, 0.717) is 39.6 Å². The van der Waals surface area contributed by atoms with Crippen LogP contribution in [0.4, 0.5) is 0 Å². The van der Waals surface area contributed by atoms with Gasteiger partial charge in [-0.3, -0.25) is 0 Å². The first kappa shape index (κ1) is 40.3. The number of hydrogen-bond donors (Lipinski definition) is 0. The van der Waals surface area contributed by atoms with Crippen molar-refractivity contribution < 1.29 is 18.9 Å². The predicted octanol–water partition coefficient (Wildman–Crippen LogP) is 11.4. The van der Waals surface area contributed by atoms with Gasteiger partial charge in [-0.1, -0.05) is 167 Å². The molecule has 292 valence electrons. The van der Waals surface area contributed by atoms with Crippen molar-refractivity contribution >= 4 is 0 Å². The first-order chi connectivity index (χ1) is 28.0. The highest BCUT2D eigenvalue weighted by Crippen LogP contribution is 2.60. The van der Waals surface area contributed by atoms with Crippen LogP contribution in [-0.4, -0.2) is 46.2 Å². The van der Waals surface area contributed by atoms with Crippen molar-refractivity contribution in [2.24, 2.45) is 5.41 Å². The van der Waals surface area contributed by atoms with E-state index in [2.05, 4.69) is 173 Å². The van der Waals surface area contributed by atoms with Gasteiger partial charge in [0.25, 0.3) is 0 Å². The standard InChI is InChI=1S/C53H56O4/c1-5-29-51(4,30-6-2)52(47-23-12-8-19-43(47)44-20-9-13-24-48(44)52)31-27-41-17-16-18-42(40-41)28-32-53(57-39-38-56-37-36-55-35-34-54-33-7-3)49-25-14-10-21-45(49)46-22-11-15-26-50(46)53/h8-26,40H,5-7,29-30,33-39H2,1-4H3. The Bertz CT molecular complexity index is 2160. The molecule has 0 saturated heterocycles. The Labute approximate surface area is 340 Å². The van der Waals surface area contributed by atoms with Crippen LogP contribution in [0, 0.1) is 29.1 Å². The third kappa shape index (κ3) is 7.98. The van der Waals surface area contributed by atoms with E-state index in [1.807, 2.05) is 0 Å². The summed E-state index contributed by atoms with van der Waals surface area (Å²) in [5, 5.41) is 0. The number of fused-ring (bicyclic) bond motifs is 6. The van der Waals surface area contributed by atoms with Gasteiger partial charge in [-0.05, 0) is 76.3 Å². The van der Waals surface area contributed by atoms with Crippen molar-refractivity contribution in [1.29, 1.82) is 0 Å². The lowest BCUT2D eigenvalue weighted by atomic mass is 9.56. The number of rotatable bonds is 17. The Morgan fingerprint density at radius 1 is 0.456 bits per heavy atom. The second-order valence-corrected chi connectivity index (χ2v) is 15.4. The maximum atomic E-state index is 6.86. The summed E-state index contributed by atoms with van der Waals surface area (Å²) in [6.45, 7) is 12.9. The number of benzene rings is 5. The molecule has 0 bridgehead atoms. The Hall–Kier alpha value is -4.94. The van der Waals surface area contributed by atoms with Gasteiger partial charge in [-0.2, -0.15) is 0 Å².